The van der Waals surface area contributed by atoms with E-state index in [1.165, 1.54) is 6.33 Å². The molecule has 6 nitrogen and oxygen atoms in total. The first-order valence-corrected chi connectivity index (χ1v) is 6.67. The maximum absolute atomic E-state index is 5.39. The Bertz CT molecular complexity index is 755. The number of nitrogens with two attached hydrogens (primary N) is 1. The van der Waals surface area contributed by atoms with Gasteiger partial charge in [0.05, 0.1) is 11.2 Å². The Labute approximate surface area is 123 Å². The first kappa shape index (κ1) is 12.8. The molecule has 0 unspecified atom stereocenters. The quantitative estimate of drug-likeness (QED) is 0.505. The van der Waals surface area contributed by atoms with Gasteiger partial charge in [0.1, 0.15) is 16.6 Å². The fourth-order valence-electron chi connectivity index (χ4n) is 1.89. The molecule has 0 spiro atoms. The summed E-state index contributed by atoms with van der Waals surface area (Å²) in [6, 6.07) is 9.83. The van der Waals surface area contributed by atoms with Crippen molar-refractivity contribution in [3.63, 3.8) is 0 Å². The summed E-state index contributed by atoms with van der Waals surface area (Å²) in [7, 11) is 0. The number of hydrazine groups is 1. The molecular formula is C13H11BrN6. The standard InChI is InChI=1S/C13H11BrN6/c14-10-12(17-7-18-13(10)20-15)19-9-5-1-3-8-4-2-6-16-11(8)9/h1-7H,15H2,(H2,17,18,19,20). The first-order valence-electron chi connectivity index (χ1n) is 5.87. The highest BCUT2D eigenvalue weighted by Gasteiger charge is 2.09. The minimum Gasteiger partial charge on any atom is -0.337 e. The third-order valence-electron chi connectivity index (χ3n) is 2.81. The molecule has 20 heavy (non-hydrogen) atoms. The van der Waals surface area contributed by atoms with Gasteiger partial charge in [0.2, 0.25) is 0 Å². The summed E-state index contributed by atoms with van der Waals surface area (Å²) < 4.78 is 0.662. The number of fused-ring (bicyclic) bond motifs is 1. The van der Waals surface area contributed by atoms with Crippen molar-refractivity contribution in [3.8, 4) is 0 Å². The van der Waals surface area contributed by atoms with E-state index in [-0.39, 0.29) is 0 Å². The molecule has 0 fully saturated rings. The zero-order valence-electron chi connectivity index (χ0n) is 10.3. The summed E-state index contributed by atoms with van der Waals surface area (Å²) in [4.78, 5) is 12.6. The third kappa shape index (κ3) is 2.28. The van der Waals surface area contributed by atoms with Gasteiger partial charge in [-0.15, -0.1) is 0 Å². The number of nitrogens with zero attached hydrogens (tertiary/aromatic N) is 3. The zero-order chi connectivity index (χ0) is 13.9. The van der Waals surface area contributed by atoms with Crippen molar-refractivity contribution in [3.05, 3.63) is 47.3 Å². The van der Waals surface area contributed by atoms with Gasteiger partial charge >= 0.3 is 0 Å². The van der Waals surface area contributed by atoms with Gasteiger partial charge in [-0.2, -0.15) is 0 Å². The normalized spacial score (nSPS) is 10.5. The van der Waals surface area contributed by atoms with E-state index in [1.807, 2.05) is 30.3 Å². The van der Waals surface area contributed by atoms with Gasteiger partial charge in [-0.05, 0) is 28.1 Å². The van der Waals surface area contributed by atoms with Gasteiger partial charge in [0.25, 0.3) is 0 Å². The van der Waals surface area contributed by atoms with Crippen LogP contribution in [0.2, 0.25) is 0 Å². The summed E-state index contributed by atoms with van der Waals surface area (Å²) in [5, 5.41) is 4.29. The SMILES string of the molecule is NNc1ncnc(Nc2cccc3cccnc23)c1Br. The molecule has 0 radical (unpaired) electrons. The van der Waals surface area contributed by atoms with Crippen molar-refractivity contribution in [1.82, 2.24) is 15.0 Å². The van der Waals surface area contributed by atoms with Gasteiger partial charge in [-0.25, -0.2) is 15.8 Å². The highest BCUT2D eigenvalue weighted by molar-refractivity contribution is 9.10. The van der Waals surface area contributed by atoms with E-state index in [1.54, 1.807) is 6.20 Å². The highest BCUT2D eigenvalue weighted by atomic mass is 79.9. The summed E-state index contributed by atoms with van der Waals surface area (Å²) in [6.07, 6.45) is 3.19. The van der Waals surface area contributed by atoms with E-state index < -0.39 is 0 Å². The summed E-state index contributed by atoms with van der Waals surface area (Å²) in [5.41, 5.74) is 4.25. The average molecular weight is 331 g/mol. The Morgan fingerprint density at radius 3 is 2.65 bits per heavy atom. The Morgan fingerprint density at radius 2 is 1.80 bits per heavy atom. The van der Waals surface area contributed by atoms with Gasteiger partial charge in [0, 0.05) is 11.6 Å². The smallest absolute Gasteiger partial charge is 0.159 e. The van der Waals surface area contributed by atoms with Crippen LogP contribution in [0.3, 0.4) is 0 Å². The van der Waals surface area contributed by atoms with Crippen LogP contribution < -0.4 is 16.6 Å². The zero-order valence-corrected chi connectivity index (χ0v) is 11.9. The average Bonchev–Trinajstić information content (AvgIpc) is 2.50. The lowest BCUT2D eigenvalue weighted by Gasteiger charge is -2.11. The molecule has 3 rings (SSSR count). The van der Waals surface area contributed by atoms with E-state index in [0.717, 1.165) is 16.6 Å². The molecule has 100 valence electrons. The van der Waals surface area contributed by atoms with E-state index in [9.17, 15) is 0 Å². The molecule has 3 aromatic rings. The molecule has 0 aliphatic rings. The number of anilines is 3. The molecule has 0 amide bonds. The highest BCUT2D eigenvalue weighted by Crippen LogP contribution is 2.30. The summed E-state index contributed by atoms with van der Waals surface area (Å²) in [6.45, 7) is 0. The number of rotatable bonds is 3. The second kappa shape index (κ2) is 5.40. The van der Waals surface area contributed by atoms with Crippen LogP contribution in [-0.4, -0.2) is 15.0 Å². The lowest BCUT2D eigenvalue weighted by Crippen LogP contribution is -2.10. The third-order valence-corrected chi connectivity index (χ3v) is 3.56. The topological polar surface area (TPSA) is 88.8 Å². The summed E-state index contributed by atoms with van der Waals surface area (Å²) in [5.74, 6) is 6.52. The van der Waals surface area contributed by atoms with Crippen LogP contribution in [-0.2, 0) is 0 Å². The van der Waals surface area contributed by atoms with E-state index >= 15 is 0 Å². The van der Waals surface area contributed by atoms with E-state index in [2.05, 4.69) is 41.6 Å². The number of aromatic nitrogens is 3. The molecule has 2 aromatic heterocycles. The van der Waals surface area contributed by atoms with Gasteiger partial charge < -0.3 is 10.7 Å². The minimum absolute atomic E-state index is 0.510. The van der Waals surface area contributed by atoms with Crippen molar-refractivity contribution >= 4 is 44.2 Å². The molecule has 0 saturated carbocycles. The Balaban J connectivity index is 2.06. The Kier molecular flexibility index (Phi) is 3.44. The van der Waals surface area contributed by atoms with Crippen LogP contribution in [0, 0.1) is 0 Å². The van der Waals surface area contributed by atoms with Crippen LogP contribution in [0.4, 0.5) is 17.3 Å². The predicted octanol–water partition coefficient (Wildman–Crippen LogP) is 2.82. The van der Waals surface area contributed by atoms with Gasteiger partial charge in [0.15, 0.2) is 5.82 Å². The maximum Gasteiger partial charge on any atom is 0.159 e. The second-order valence-electron chi connectivity index (χ2n) is 4.03. The lowest BCUT2D eigenvalue weighted by molar-refractivity contribution is 1.12. The largest absolute Gasteiger partial charge is 0.337 e. The number of hydrogen-bond donors (Lipinski definition) is 3. The van der Waals surface area contributed by atoms with Crippen LogP contribution in [0.15, 0.2) is 47.3 Å². The number of benzene rings is 1. The van der Waals surface area contributed by atoms with Crippen molar-refractivity contribution in [1.29, 1.82) is 0 Å². The molecule has 2 heterocycles. The van der Waals surface area contributed by atoms with Crippen molar-refractivity contribution in [2.24, 2.45) is 5.84 Å². The predicted molar refractivity (Wildman–Crippen MR) is 82.6 cm³/mol. The fraction of sp³-hybridized carbons (Fsp3) is 0. The van der Waals surface area contributed by atoms with Crippen LogP contribution in [0.25, 0.3) is 10.9 Å². The number of nitrogens with one attached hydrogen (secondary N) is 2. The molecule has 4 N–H and O–H groups in total. The molecule has 0 atom stereocenters. The minimum atomic E-state index is 0.510. The number of pyridine rings is 1. The molecular weight excluding hydrogens is 320 g/mol. The van der Waals surface area contributed by atoms with Crippen LogP contribution in [0.1, 0.15) is 0 Å². The van der Waals surface area contributed by atoms with Crippen molar-refractivity contribution in [2.45, 2.75) is 0 Å². The number of hydrogen-bond acceptors (Lipinski definition) is 6. The molecule has 1 aromatic carbocycles. The molecule has 0 aliphatic carbocycles. The van der Waals surface area contributed by atoms with E-state index in [4.69, 9.17) is 5.84 Å². The molecule has 0 saturated heterocycles. The monoisotopic (exact) mass is 330 g/mol. The van der Waals surface area contributed by atoms with E-state index in [0.29, 0.717) is 16.1 Å². The second-order valence-corrected chi connectivity index (χ2v) is 4.83. The van der Waals surface area contributed by atoms with Crippen molar-refractivity contribution < 1.29 is 0 Å². The maximum atomic E-state index is 5.39. The number of halogens is 1. The lowest BCUT2D eigenvalue weighted by atomic mass is 10.2. The first-order chi connectivity index (χ1) is 9.79. The van der Waals surface area contributed by atoms with Gasteiger partial charge in [-0.3, -0.25) is 4.98 Å². The molecule has 0 aliphatic heterocycles. The van der Waals surface area contributed by atoms with Gasteiger partial charge in [-0.1, -0.05) is 18.2 Å². The van der Waals surface area contributed by atoms with Crippen LogP contribution in [0.5, 0.6) is 0 Å². The molecule has 0 bridgehead atoms. The Hall–Kier alpha value is -2.25. The fourth-order valence-corrected chi connectivity index (χ4v) is 2.31. The van der Waals surface area contributed by atoms with Crippen molar-refractivity contribution in [2.75, 3.05) is 10.7 Å². The number of para-hydroxylation sites is 1. The molecule has 7 heteroatoms. The summed E-state index contributed by atoms with van der Waals surface area (Å²) >= 11 is 3.41. The number of nitrogen functional groups attached to an aromatic ring is 1. The Morgan fingerprint density at radius 1 is 1.00 bits per heavy atom. The van der Waals surface area contributed by atoms with Crippen LogP contribution >= 0.6 is 15.9 Å².